The Labute approximate surface area is 433 Å². The van der Waals surface area contributed by atoms with Crippen LogP contribution in [0, 0.1) is 0 Å². The second kappa shape index (κ2) is 25.2. The number of hydrogen-bond donors (Lipinski definition) is 7. The molecule has 0 aromatic heterocycles. The third-order valence-electron chi connectivity index (χ3n) is 13.9. The third kappa shape index (κ3) is 14.3. The number of carbonyl (C=O) groups is 5. The topological polar surface area (TPSA) is 243 Å². The number of carbonyl (C=O) groups excluding carboxylic acids is 2. The third-order valence-corrected chi connectivity index (χ3v) is 14.7. The van der Waals surface area contributed by atoms with E-state index in [-0.39, 0.29) is 35.3 Å². The Balaban J connectivity index is 1.05. The van der Waals surface area contributed by atoms with E-state index < -0.39 is 52.6 Å². The van der Waals surface area contributed by atoms with Gasteiger partial charge in [-0.05, 0) is 111 Å². The zero-order chi connectivity index (χ0) is 53.6. The Morgan fingerprint density at radius 1 is 0.662 bits per heavy atom. The minimum absolute atomic E-state index is 0.0399. The summed E-state index contributed by atoms with van der Waals surface area (Å²) < 4.78 is 34.7. The molecule has 0 radical (unpaired) electrons. The van der Waals surface area contributed by atoms with E-state index >= 15 is 0 Å². The molecule has 0 saturated heterocycles. The minimum Gasteiger partial charge on any atom is -0.481 e. The molecule has 0 bridgehead atoms. The molecular formula is C57H70N5O11S+. The Morgan fingerprint density at radius 2 is 1.28 bits per heavy atom. The molecule has 7 N–H and O–H groups in total. The van der Waals surface area contributed by atoms with Crippen molar-refractivity contribution in [1.29, 1.82) is 0 Å². The predicted octanol–water partition coefficient (Wildman–Crippen LogP) is 9.30. The van der Waals surface area contributed by atoms with Crippen molar-refractivity contribution in [3.63, 3.8) is 0 Å². The zero-order valence-corrected chi connectivity index (χ0v) is 43.5. The molecule has 6 rings (SSSR count). The van der Waals surface area contributed by atoms with Gasteiger partial charge in [-0.15, -0.1) is 0 Å². The summed E-state index contributed by atoms with van der Waals surface area (Å²) in [4.78, 5) is 61.3. The van der Waals surface area contributed by atoms with Crippen molar-refractivity contribution >= 4 is 78.6 Å². The molecule has 0 spiro atoms. The lowest BCUT2D eigenvalue weighted by molar-refractivity contribution is -0.438. The van der Waals surface area contributed by atoms with E-state index in [2.05, 4.69) is 138 Å². The molecule has 2 aliphatic heterocycles. The number of aliphatic carboxylic acids is 3. The first-order valence-corrected chi connectivity index (χ1v) is 27.0. The average molecular weight is 1030 g/mol. The maximum Gasteiger partial charge on any atom is 0.326 e. The van der Waals surface area contributed by atoms with Crippen LogP contribution in [0.25, 0.3) is 21.5 Å². The van der Waals surface area contributed by atoms with Gasteiger partial charge >= 0.3 is 23.9 Å². The van der Waals surface area contributed by atoms with Crippen LogP contribution in [0.3, 0.4) is 0 Å². The van der Waals surface area contributed by atoms with E-state index in [1.807, 2.05) is 30.4 Å². The molecule has 16 nitrogen and oxygen atoms in total. The molecule has 4 aromatic rings. The van der Waals surface area contributed by atoms with Gasteiger partial charge in [-0.2, -0.15) is 13.0 Å². The zero-order valence-electron chi connectivity index (χ0n) is 42.7. The summed E-state index contributed by atoms with van der Waals surface area (Å²) in [5, 5.41) is 39.7. The Kier molecular flexibility index (Phi) is 19.1. The Morgan fingerprint density at radius 3 is 1.95 bits per heavy atom. The number of fused-ring (bicyclic) bond motifs is 6. The first kappa shape index (κ1) is 56.2. The van der Waals surface area contributed by atoms with Crippen LogP contribution in [-0.4, -0.2) is 106 Å². The van der Waals surface area contributed by atoms with Crippen LogP contribution in [-0.2, 0) is 40.1 Å². The Hall–Kier alpha value is -7.11. The number of benzene rings is 4. The van der Waals surface area contributed by atoms with Crippen LogP contribution in [0.2, 0.25) is 0 Å². The molecule has 0 unspecified atom stereocenters. The number of rotatable bonds is 27. The number of nitrogens with one attached hydrogen (secondary N) is 3. The molecule has 4 aromatic carbocycles. The molecule has 17 heteroatoms. The number of allylic oxidation sites excluding steroid dienone is 8. The number of carboxylic acids is 3. The fraction of sp³-hybridized carbons (Fsp3) is 0.404. The number of hydrogen-bond acceptors (Lipinski definition) is 8. The predicted molar refractivity (Wildman–Crippen MR) is 289 cm³/mol. The second-order valence-corrected chi connectivity index (χ2v) is 21.5. The molecule has 0 aliphatic carbocycles. The van der Waals surface area contributed by atoms with Gasteiger partial charge in [-0.3, -0.25) is 14.1 Å². The van der Waals surface area contributed by atoms with Gasteiger partial charge in [0.2, 0.25) is 11.6 Å². The Bertz CT molecular complexity index is 3010. The van der Waals surface area contributed by atoms with E-state index in [1.165, 1.54) is 38.7 Å². The van der Waals surface area contributed by atoms with Crippen molar-refractivity contribution in [2.45, 2.75) is 121 Å². The van der Waals surface area contributed by atoms with Gasteiger partial charge in [-0.25, -0.2) is 14.4 Å². The number of amides is 3. The van der Waals surface area contributed by atoms with Crippen LogP contribution in [0.5, 0.6) is 0 Å². The molecular weight excluding hydrogens is 963 g/mol. The van der Waals surface area contributed by atoms with E-state index in [9.17, 15) is 47.2 Å². The lowest BCUT2D eigenvalue weighted by Gasteiger charge is -2.27. The van der Waals surface area contributed by atoms with Gasteiger partial charge in [0.1, 0.15) is 18.6 Å². The van der Waals surface area contributed by atoms with Crippen molar-refractivity contribution in [2.24, 2.45) is 0 Å². The fourth-order valence-electron chi connectivity index (χ4n) is 10.3. The highest BCUT2D eigenvalue weighted by molar-refractivity contribution is 7.85. The van der Waals surface area contributed by atoms with Gasteiger partial charge in [0.15, 0.2) is 5.71 Å². The van der Waals surface area contributed by atoms with Gasteiger partial charge in [0.05, 0.1) is 11.2 Å². The van der Waals surface area contributed by atoms with Crippen molar-refractivity contribution in [3.05, 3.63) is 132 Å². The number of nitrogens with zero attached hydrogens (tertiary/aromatic N) is 2. The summed E-state index contributed by atoms with van der Waals surface area (Å²) in [5.41, 5.74) is 6.41. The molecule has 2 heterocycles. The highest BCUT2D eigenvalue weighted by Crippen LogP contribution is 2.51. The highest BCUT2D eigenvalue weighted by atomic mass is 32.2. The van der Waals surface area contributed by atoms with Crippen molar-refractivity contribution in [1.82, 2.24) is 16.0 Å². The first-order valence-electron chi connectivity index (χ1n) is 25.4. The first-order chi connectivity index (χ1) is 35.2. The summed E-state index contributed by atoms with van der Waals surface area (Å²) in [6, 6.07) is 21.6. The van der Waals surface area contributed by atoms with Gasteiger partial charge in [0.25, 0.3) is 10.1 Å². The van der Waals surface area contributed by atoms with Crippen molar-refractivity contribution < 1.29 is 56.8 Å². The summed E-state index contributed by atoms with van der Waals surface area (Å²) >= 11 is 0. The quantitative estimate of drug-likeness (QED) is 0.0128. The van der Waals surface area contributed by atoms with E-state index in [0.29, 0.717) is 51.6 Å². The summed E-state index contributed by atoms with van der Waals surface area (Å²) in [6.45, 7) is 10.6. The molecule has 2 atom stereocenters. The van der Waals surface area contributed by atoms with E-state index in [0.717, 1.165) is 36.2 Å². The van der Waals surface area contributed by atoms with Crippen LogP contribution in [0.1, 0.15) is 109 Å². The maximum atomic E-state index is 12.8. The normalized spacial score (nSPS) is 16.3. The molecule has 74 heavy (non-hydrogen) atoms. The molecule has 2 aliphatic rings. The molecule has 394 valence electrons. The smallest absolute Gasteiger partial charge is 0.326 e. The standard InChI is InChI=1S/C57H69N5O11S/c1-56(2)47(26-9-6-5-7-10-27-48-57(3,4)52-42-24-15-13-22-40(42)30-33-46(52)62(48)37-19-20-38-74(71,72)73)61(45-32-29-39-21-12-14-23-41(39)51(45)56)36-18-8-11-28-49(63)58-35-17-16-25-43(53(66)67)59-55(70)60-44(54(68)69)31-34-50(64)65/h5-7,9-10,12-15,21-24,26-27,29-30,32-33,43-44H,8,11,16-20,25,28,31,34-38H2,1-4H3,(H6-,58,59,60,63,64,65,66,67,68,69,70,71,72,73)/p+1/t43-,44-/m0/s1. The minimum atomic E-state index is -4.04. The number of anilines is 1. The molecule has 0 fully saturated rings. The van der Waals surface area contributed by atoms with Crippen LogP contribution in [0.4, 0.5) is 16.2 Å². The van der Waals surface area contributed by atoms with Crippen molar-refractivity contribution in [2.75, 3.05) is 30.3 Å². The monoisotopic (exact) mass is 1030 g/mol. The fourth-order valence-corrected chi connectivity index (χ4v) is 10.8. The average Bonchev–Trinajstić information content (AvgIpc) is 3.70. The highest BCUT2D eigenvalue weighted by Gasteiger charge is 2.45. The van der Waals surface area contributed by atoms with E-state index in [4.69, 9.17) is 5.11 Å². The number of carboxylic acid groups (broad SMARTS) is 3. The number of urea groups is 1. The summed E-state index contributed by atoms with van der Waals surface area (Å²) in [5.74, 6) is -4.35. The van der Waals surface area contributed by atoms with Gasteiger partial charge in [-0.1, -0.05) is 98.8 Å². The van der Waals surface area contributed by atoms with Gasteiger partial charge < -0.3 is 36.2 Å². The second-order valence-electron chi connectivity index (χ2n) is 20.0. The molecule has 3 amide bonds. The van der Waals surface area contributed by atoms with Gasteiger partial charge in [0, 0.05) is 66.9 Å². The van der Waals surface area contributed by atoms with E-state index in [1.54, 1.807) is 0 Å². The van der Waals surface area contributed by atoms with Crippen LogP contribution in [0.15, 0.2) is 121 Å². The lowest BCUT2D eigenvalue weighted by atomic mass is 9.79. The SMILES string of the molecule is CC1(C)C(/C=C/C=C/C=C/C=C2/N(CCCCS(=O)(=O)O)c3ccc4ccccc4c3C2(C)C)=[N+](CCCCCC(=O)NCCCC[C@H](NC(=O)N[C@@H](CCC(=O)O)C(=O)O)C(=O)O)c2ccc3ccccc3c21. The lowest BCUT2D eigenvalue weighted by Crippen LogP contribution is -2.51. The summed E-state index contributed by atoms with van der Waals surface area (Å²) in [6.07, 6.45) is 18.1. The van der Waals surface area contributed by atoms with Crippen LogP contribution >= 0.6 is 0 Å². The molecule has 0 saturated carbocycles. The number of unbranched alkanes of at least 4 members (excludes halogenated alkanes) is 4. The summed E-state index contributed by atoms with van der Waals surface area (Å²) in [7, 11) is -4.04. The maximum absolute atomic E-state index is 12.8. The van der Waals surface area contributed by atoms with Crippen molar-refractivity contribution in [3.8, 4) is 0 Å². The van der Waals surface area contributed by atoms with Crippen LogP contribution < -0.4 is 20.9 Å². The largest absolute Gasteiger partial charge is 0.481 e.